The van der Waals surface area contributed by atoms with Gasteiger partial charge in [0.05, 0.1) is 35.2 Å². The van der Waals surface area contributed by atoms with E-state index >= 15 is 0 Å². The van der Waals surface area contributed by atoms with Gasteiger partial charge in [-0.2, -0.15) is 0 Å². The topological polar surface area (TPSA) is 21.3 Å². The Balaban J connectivity index is 2.83. The fourth-order valence-electron chi connectivity index (χ4n) is 0.826. The highest BCUT2D eigenvalue weighted by atomic mass is 127. The Morgan fingerprint density at radius 1 is 1.45 bits per heavy atom. The summed E-state index contributed by atoms with van der Waals surface area (Å²) in [7, 11) is 0. The van der Waals surface area contributed by atoms with Crippen molar-refractivity contribution in [2.45, 2.75) is 6.92 Å². The molecule has 0 heterocycles. The van der Waals surface area contributed by atoms with Gasteiger partial charge in [-0.1, -0.05) is 12.1 Å². The molecule has 1 aromatic carbocycles. The molecule has 0 aromatic heterocycles. The Kier molecular flexibility index (Phi) is 3.48. The van der Waals surface area contributed by atoms with E-state index in [0.29, 0.717) is 6.61 Å². The van der Waals surface area contributed by atoms with Gasteiger partial charge < -0.3 is 8.27 Å². The summed E-state index contributed by atoms with van der Waals surface area (Å²) in [6.07, 6.45) is 0. The third-order valence-corrected chi connectivity index (χ3v) is 1.87. The molecule has 0 spiro atoms. The maximum Gasteiger partial charge on any atom is 0.143 e. The van der Waals surface area contributed by atoms with Gasteiger partial charge in [0.2, 0.25) is 0 Å². The summed E-state index contributed by atoms with van der Waals surface area (Å²) in [4.78, 5) is 0. The smallest absolute Gasteiger partial charge is 0.143 e. The second kappa shape index (κ2) is 4.43. The molecule has 0 saturated carbocycles. The lowest BCUT2D eigenvalue weighted by Gasteiger charge is -2.06. The van der Waals surface area contributed by atoms with Crippen molar-refractivity contribution in [3.8, 4) is 5.75 Å². The number of rotatable bonds is 3. The summed E-state index contributed by atoms with van der Waals surface area (Å²) in [5.74, 6) is 0.907. The van der Waals surface area contributed by atoms with Crippen LogP contribution in [-0.4, -0.2) is 6.61 Å². The fraction of sp³-hybridized carbons (Fsp3) is 0.250. The number of para-hydroxylation sites is 2. The molecule has 11 heavy (non-hydrogen) atoms. The Morgan fingerprint density at radius 3 is 2.82 bits per heavy atom. The van der Waals surface area contributed by atoms with Crippen LogP contribution in [0.2, 0.25) is 0 Å². The summed E-state index contributed by atoms with van der Waals surface area (Å²) < 4.78 is 8.39. The Labute approximate surface area is 80.4 Å². The van der Waals surface area contributed by atoms with Crippen molar-refractivity contribution in [1.29, 1.82) is 0 Å². The highest BCUT2D eigenvalue weighted by Crippen LogP contribution is 2.24. The van der Waals surface area contributed by atoms with Crippen LogP contribution < -0.4 is 8.27 Å². The third kappa shape index (κ3) is 2.25. The second-order valence-electron chi connectivity index (χ2n) is 2.02. The standard InChI is InChI=1S/C8H10INO/c1-2-11-8-6-4-3-5-7(8)10-9/h3-6,10H,2H2,1H3. The molecule has 0 saturated heterocycles. The number of nitrogens with one attached hydrogen (secondary N) is 1. The first-order chi connectivity index (χ1) is 5.38. The van der Waals surface area contributed by atoms with E-state index in [9.17, 15) is 0 Å². The predicted octanol–water partition coefficient (Wildman–Crippen LogP) is 2.85. The molecule has 0 atom stereocenters. The quantitative estimate of drug-likeness (QED) is 0.668. The molecule has 1 rings (SSSR count). The van der Waals surface area contributed by atoms with Crippen molar-refractivity contribution in [3.63, 3.8) is 0 Å². The van der Waals surface area contributed by atoms with Crippen LogP contribution >= 0.6 is 22.9 Å². The summed E-state index contributed by atoms with van der Waals surface area (Å²) in [6, 6.07) is 7.87. The van der Waals surface area contributed by atoms with E-state index in [2.05, 4.69) is 26.4 Å². The van der Waals surface area contributed by atoms with Gasteiger partial charge in [-0.25, -0.2) is 0 Å². The van der Waals surface area contributed by atoms with Gasteiger partial charge in [-0.05, 0) is 19.1 Å². The first-order valence-electron chi connectivity index (χ1n) is 3.47. The van der Waals surface area contributed by atoms with E-state index in [0.717, 1.165) is 11.4 Å². The lowest BCUT2D eigenvalue weighted by Crippen LogP contribution is -1.93. The monoisotopic (exact) mass is 263 g/mol. The number of hydrogen-bond acceptors (Lipinski definition) is 2. The minimum absolute atomic E-state index is 0.704. The minimum atomic E-state index is 0.704. The van der Waals surface area contributed by atoms with Crippen LogP contribution in [-0.2, 0) is 0 Å². The van der Waals surface area contributed by atoms with E-state index in [-0.39, 0.29) is 0 Å². The third-order valence-electron chi connectivity index (χ3n) is 1.29. The summed E-state index contributed by atoms with van der Waals surface area (Å²) in [6.45, 7) is 2.68. The molecule has 0 aliphatic rings. The largest absolute Gasteiger partial charge is 0.492 e. The van der Waals surface area contributed by atoms with Crippen LogP contribution in [0.3, 0.4) is 0 Å². The van der Waals surface area contributed by atoms with Gasteiger partial charge in [0.25, 0.3) is 0 Å². The van der Waals surface area contributed by atoms with Gasteiger partial charge in [0.1, 0.15) is 5.75 Å². The van der Waals surface area contributed by atoms with Crippen molar-refractivity contribution in [2.75, 3.05) is 10.1 Å². The van der Waals surface area contributed by atoms with Gasteiger partial charge in [-0.3, -0.25) is 0 Å². The molecule has 1 aromatic rings. The van der Waals surface area contributed by atoms with E-state index in [1.165, 1.54) is 0 Å². The van der Waals surface area contributed by atoms with Crippen LogP contribution in [0.15, 0.2) is 24.3 Å². The van der Waals surface area contributed by atoms with E-state index < -0.39 is 0 Å². The average molecular weight is 263 g/mol. The van der Waals surface area contributed by atoms with E-state index in [4.69, 9.17) is 4.74 Å². The van der Waals surface area contributed by atoms with Crippen LogP contribution in [0.5, 0.6) is 5.75 Å². The van der Waals surface area contributed by atoms with Gasteiger partial charge in [-0.15, -0.1) is 0 Å². The van der Waals surface area contributed by atoms with Crippen LogP contribution in [0.25, 0.3) is 0 Å². The Bertz CT molecular complexity index is 227. The van der Waals surface area contributed by atoms with E-state index in [1.54, 1.807) is 0 Å². The molecule has 1 N–H and O–H groups in total. The SMILES string of the molecule is CCOc1ccccc1NI. The molecule has 0 fully saturated rings. The first-order valence-corrected chi connectivity index (χ1v) is 4.54. The van der Waals surface area contributed by atoms with Crippen molar-refractivity contribution < 1.29 is 4.74 Å². The molecule has 0 amide bonds. The number of anilines is 1. The first kappa shape index (κ1) is 8.64. The molecular weight excluding hydrogens is 253 g/mol. The Morgan fingerprint density at radius 2 is 2.18 bits per heavy atom. The van der Waals surface area contributed by atoms with Gasteiger partial charge >= 0.3 is 0 Å². The summed E-state index contributed by atoms with van der Waals surface area (Å²) in [5.41, 5.74) is 1.02. The average Bonchev–Trinajstić information content (AvgIpc) is 2.06. The molecule has 2 nitrogen and oxygen atoms in total. The van der Waals surface area contributed by atoms with Crippen molar-refractivity contribution in [2.24, 2.45) is 0 Å². The normalized spacial score (nSPS) is 9.27. The lowest BCUT2D eigenvalue weighted by molar-refractivity contribution is 0.342. The minimum Gasteiger partial charge on any atom is -0.492 e. The van der Waals surface area contributed by atoms with Crippen LogP contribution in [0.1, 0.15) is 6.92 Å². The highest BCUT2D eigenvalue weighted by Gasteiger charge is 1.97. The molecule has 3 heteroatoms. The molecule has 0 aliphatic carbocycles. The number of ether oxygens (including phenoxy) is 1. The maximum atomic E-state index is 5.36. The molecule has 0 radical (unpaired) electrons. The van der Waals surface area contributed by atoms with Gasteiger partial charge in [0.15, 0.2) is 0 Å². The maximum absolute atomic E-state index is 5.36. The second-order valence-corrected chi connectivity index (χ2v) is 2.56. The van der Waals surface area contributed by atoms with Crippen LogP contribution in [0, 0.1) is 0 Å². The summed E-state index contributed by atoms with van der Waals surface area (Å²) in [5, 5.41) is 0. The molecule has 0 unspecified atom stereocenters. The zero-order chi connectivity index (χ0) is 8.10. The van der Waals surface area contributed by atoms with E-state index in [1.807, 2.05) is 31.2 Å². The molecular formula is C8H10INO. The number of halogens is 1. The highest BCUT2D eigenvalue weighted by molar-refractivity contribution is 14.1. The molecule has 60 valence electrons. The molecule has 0 bridgehead atoms. The summed E-state index contributed by atoms with van der Waals surface area (Å²) >= 11 is 2.09. The predicted molar refractivity (Wildman–Crippen MR) is 55.3 cm³/mol. The van der Waals surface area contributed by atoms with Crippen molar-refractivity contribution >= 4 is 28.6 Å². The number of benzene rings is 1. The van der Waals surface area contributed by atoms with Crippen LogP contribution in [0.4, 0.5) is 5.69 Å². The lowest BCUT2D eigenvalue weighted by atomic mass is 10.3. The zero-order valence-corrected chi connectivity index (χ0v) is 8.46. The molecule has 0 aliphatic heterocycles. The van der Waals surface area contributed by atoms with Gasteiger partial charge in [0, 0.05) is 0 Å². The van der Waals surface area contributed by atoms with Crippen molar-refractivity contribution in [3.05, 3.63) is 24.3 Å². The fourth-order valence-corrected chi connectivity index (χ4v) is 1.27. The Hall–Kier alpha value is -0.450. The zero-order valence-electron chi connectivity index (χ0n) is 6.30. The van der Waals surface area contributed by atoms with Crippen molar-refractivity contribution in [1.82, 2.24) is 0 Å². The number of hydrogen-bond donors (Lipinski definition) is 1.